The molecule has 2 atom stereocenters. The zero-order valence-corrected chi connectivity index (χ0v) is 8.78. The molecule has 1 rings (SSSR count). The molecule has 0 spiro atoms. The van der Waals surface area contributed by atoms with Gasteiger partial charge in [0.1, 0.15) is 12.8 Å². The number of nitrogens with zero attached hydrogens (tertiary/aromatic N) is 3. The van der Waals surface area contributed by atoms with Crippen molar-refractivity contribution in [3.8, 4) is 0 Å². The van der Waals surface area contributed by atoms with Crippen molar-refractivity contribution in [2.75, 3.05) is 6.67 Å². The summed E-state index contributed by atoms with van der Waals surface area (Å²) in [7, 11) is 0. The van der Waals surface area contributed by atoms with Gasteiger partial charge in [-0.2, -0.15) is 0 Å². The largest absolute Gasteiger partial charge is 0.388 e. The fourth-order valence-corrected chi connectivity index (χ4v) is 1.06. The molecular weight excluding hydrogens is 241 g/mol. The van der Waals surface area contributed by atoms with Gasteiger partial charge in [0.15, 0.2) is 0 Å². The second-order valence-electron chi connectivity index (χ2n) is 2.79. The van der Waals surface area contributed by atoms with Gasteiger partial charge in [0.2, 0.25) is 0 Å². The maximum atomic E-state index is 11.9. The molecule has 2 unspecified atom stereocenters. The lowest BCUT2D eigenvalue weighted by Gasteiger charge is -2.03. The highest BCUT2D eigenvalue weighted by molar-refractivity contribution is 9.09. The molecule has 6 heteroatoms. The summed E-state index contributed by atoms with van der Waals surface area (Å²) < 4.78 is 13.3. The number of halogens is 2. The number of aromatic nitrogens is 3. The highest BCUT2D eigenvalue weighted by Gasteiger charge is 2.09. The van der Waals surface area contributed by atoms with E-state index in [9.17, 15) is 4.39 Å². The number of hydrogen-bond donors (Lipinski definition) is 1. The summed E-state index contributed by atoms with van der Waals surface area (Å²) in [6.45, 7) is 1.29. The number of aliphatic hydroxyl groups excluding tert-OH is 1. The molecule has 0 aliphatic heterocycles. The maximum Gasteiger partial charge on any atom is 0.117 e. The number of rotatable bonds is 4. The van der Waals surface area contributed by atoms with Crippen LogP contribution in [0.25, 0.3) is 0 Å². The van der Waals surface area contributed by atoms with E-state index in [0.717, 1.165) is 5.69 Å². The van der Waals surface area contributed by atoms with Crippen LogP contribution in [0.2, 0.25) is 0 Å². The molecule has 1 heterocycles. The molecular formula is C7H11BrFN3O. The molecule has 0 bridgehead atoms. The Morgan fingerprint density at radius 2 is 2.46 bits per heavy atom. The quantitative estimate of drug-likeness (QED) is 0.815. The average molecular weight is 252 g/mol. The standard InChI is InChI=1S/C7H11BrFN3O/c1-5(8)7-4-12(11-10-7)3-6(13)2-9/h4-6,13H,2-3H2,1H3. The zero-order valence-electron chi connectivity index (χ0n) is 7.19. The van der Waals surface area contributed by atoms with Crippen LogP contribution in [0.4, 0.5) is 4.39 Å². The van der Waals surface area contributed by atoms with Crippen LogP contribution >= 0.6 is 15.9 Å². The highest BCUT2D eigenvalue weighted by Crippen LogP contribution is 2.17. The summed E-state index contributed by atoms with van der Waals surface area (Å²) in [4.78, 5) is 0.115. The summed E-state index contributed by atoms with van der Waals surface area (Å²) in [5, 5.41) is 16.6. The molecule has 0 aliphatic rings. The minimum Gasteiger partial charge on any atom is -0.388 e. The SMILES string of the molecule is CC(Br)c1cn(CC(O)CF)nn1. The van der Waals surface area contributed by atoms with Gasteiger partial charge >= 0.3 is 0 Å². The molecule has 13 heavy (non-hydrogen) atoms. The first-order valence-corrected chi connectivity index (χ1v) is 4.83. The number of alkyl halides is 2. The predicted octanol–water partition coefficient (Wildman–Crippen LogP) is 1.06. The fraction of sp³-hybridized carbons (Fsp3) is 0.714. The van der Waals surface area contributed by atoms with Crippen molar-refractivity contribution in [2.24, 2.45) is 0 Å². The van der Waals surface area contributed by atoms with E-state index >= 15 is 0 Å². The lowest BCUT2D eigenvalue weighted by Crippen LogP contribution is -2.18. The van der Waals surface area contributed by atoms with Gasteiger partial charge in [-0.1, -0.05) is 21.1 Å². The molecule has 0 radical (unpaired) electrons. The van der Waals surface area contributed by atoms with Gasteiger partial charge in [0, 0.05) is 6.20 Å². The monoisotopic (exact) mass is 251 g/mol. The van der Waals surface area contributed by atoms with Gasteiger partial charge in [-0.05, 0) is 6.92 Å². The minimum atomic E-state index is -1.000. The van der Waals surface area contributed by atoms with Crippen LogP contribution in [0, 0.1) is 0 Å². The van der Waals surface area contributed by atoms with E-state index in [1.807, 2.05) is 6.92 Å². The van der Waals surface area contributed by atoms with Gasteiger partial charge in [-0.25, -0.2) is 9.07 Å². The molecule has 0 saturated heterocycles. The minimum absolute atomic E-state index is 0.115. The summed E-state index contributed by atoms with van der Waals surface area (Å²) in [6, 6.07) is 0. The summed E-state index contributed by atoms with van der Waals surface area (Å²) in [6.07, 6.45) is 0.679. The number of hydrogen-bond acceptors (Lipinski definition) is 3. The Morgan fingerprint density at radius 3 is 2.92 bits per heavy atom. The molecule has 4 nitrogen and oxygen atoms in total. The Morgan fingerprint density at radius 1 is 1.77 bits per heavy atom. The molecule has 0 aliphatic carbocycles. The predicted molar refractivity (Wildman–Crippen MR) is 49.3 cm³/mol. The second kappa shape index (κ2) is 4.66. The van der Waals surface area contributed by atoms with Crippen LogP contribution in [-0.2, 0) is 6.54 Å². The van der Waals surface area contributed by atoms with Crippen LogP contribution in [-0.4, -0.2) is 32.9 Å². The van der Waals surface area contributed by atoms with Gasteiger partial charge in [-0.3, -0.25) is 0 Å². The third kappa shape index (κ3) is 3.04. The Bertz CT molecular complexity index is 266. The third-order valence-corrected chi connectivity index (χ3v) is 2.01. The van der Waals surface area contributed by atoms with E-state index < -0.39 is 12.8 Å². The molecule has 0 fully saturated rings. The van der Waals surface area contributed by atoms with Crippen LogP contribution in [0.15, 0.2) is 6.20 Å². The van der Waals surface area contributed by atoms with E-state index in [1.165, 1.54) is 4.68 Å². The van der Waals surface area contributed by atoms with E-state index in [0.29, 0.717) is 0 Å². The zero-order chi connectivity index (χ0) is 9.84. The lowest BCUT2D eigenvalue weighted by molar-refractivity contribution is 0.117. The Hall–Kier alpha value is -0.490. The fourth-order valence-electron chi connectivity index (χ4n) is 0.850. The Balaban J connectivity index is 2.58. The first-order valence-electron chi connectivity index (χ1n) is 3.91. The summed E-state index contributed by atoms with van der Waals surface area (Å²) in [5.74, 6) is 0. The van der Waals surface area contributed by atoms with Gasteiger partial charge in [0.05, 0.1) is 17.1 Å². The van der Waals surface area contributed by atoms with Gasteiger partial charge in [0.25, 0.3) is 0 Å². The Kier molecular flexibility index (Phi) is 3.80. The van der Waals surface area contributed by atoms with E-state index in [1.54, 1.807) is 6.20 Å². The summed E-state index contributed by atoms with van der Waals surface area (Å²) >= 11 is 3.33. The van der Waals surface area contributed by atoms with Crippen LogP contribution in [0.1, 0.15) is 17.4 Å². The lowest BCUT2D eigenvalue weighted by atomic mass is 10.3. The van der Waals surface area contributed by atoms with E-state index in [-0.39, 0.29) is 11.4 Å². The van der Waals surface area contributed by atoms with Crippen LogP contribution < -0.4 is 0 Å². The Labute approximate surface area is 83.9 Å². The van der Waals surface area contributed by atoms with Crippen molar-refractivity contribution in [1.29, 1.82) is 0 Å². The maximum absolute atomic E-state index is 11.9. The van der Waals surface area contributed by atoms with Crippen molar-refractivity contribution in [3.63, 3.8) is 0 Å². The van der Waals surface area contributed by atoms with Gasteiger partial charge < -0.3 is 5.11 Å². The van der Waals surface area contributed by atoms with Crippen molar-refractivity contribution >= 4 is 15.9 Å². The first kappa shape index (κ1) is 10.6. The van der Waals surface area contributed by atoms with Crippen molar-refractivity contribution in [1.82, 2.24) is 15.0 Å². The second-order valence-corrected chi connectivity index (χ2v) is 4.16. The molecule has 0 aromatic carbocycles. The molecule has 1 aromatic heterocycles. The molecule has 1 N–H and O–H groups in total. The molecule has 0 amide bonds. The number of aliphatic hydroxyl groups is 1. The average Bonchev–Trinajstić information content (AvgIpc) is 2.52. The molecule has 74 valence electrons. The summed E-state index contributed by atoms with van der Waals surface area (Å²) in [5.41, 5.74) is 0.769. The van der Waals surface area contributed by atoms with E-state index in [4.69, 9.17) is 5.11 Å². The molecule has 0 saturated carbocycles. The topological polar surface area (TPSA) is 50.9 Å². The highest BCUT2D eigenvalue weighted by atomic mass is 79.9. The third-order valence-electron chi connectivity index (χ3n) is 1.54. The van der Waals surface area contributed by atoms with Crippen molar-refractivity contribution in [3.05, 3.63) is 11.9 Å². The van der Waals surface area contributed by atoms with Crippen LogP contribution in [0.5, 0.6) is 0 Å². The van der Waals surface area contributed by atoms with Crippen molar-refractivity contribution < 1.29 is 9.50 Å². The smallest absolute Gasteiger partial charge is 0.117 e. The normalized spacial score (nSPS) is 15.7. The molecule has 1 aromatic rings. The van der Waals surface area contributed by atoms with Crippen molar-refractivity contribution in [2.45, 2.75) is 24.4 Å². The van der Waals surface area contributed by atoms with Crippen LogP contribution in [0.3, 0.4) is 0 Å². The first-order chi connectivity index (χ1) is 6.13. The van der Waals surface area contributed by atoms with E-state index in [2.05, 4.69) is 26.2 Å². The van der Waals surface area contributed by atoms with Gasteiger partial charge in [-0.15, -0.1) is 5.10 Å².